The number of hydrogen-bond donors (Lipinski definition) is 2. The average Bonchev–Trinajstić information content (AvgIpc) is 2.18. The zero-order valence-electron chi connectivity index (χ0n) is 7.30. The number of amides is 1. The lowest BCUT2D eigenvalue weighted by Crippen LogP contribution is -2.37. The third-order valence-corrected chi connectivity index (χ3v) is 1.67. The molecule has 5 heteroatoms. The smallest absolute Gasteiger partial charge is 0.326 e. The molecule has 1 aromatic rings. The van der Waals surface area contributed by atoms with Crippen molar-refractivity contribution in [3.8, 4) is 0 Å². The van der Waals surface area contributed by atoms with Crippen molar-refractivity contribution in [2.45, 2.75) is 12.5 Å². The molecule has 1 rings (SSSR count). The SMILES string of the molecule is O=[C]NC(Cc1ccccn1)C(=O)O. The van der Waals surface area contributed by atoms with Crippen molar-refractivity contribution in [3.05, 3.63) is 30.1 Å². The Labute approximate surface area is 80.8 Å². The predicted molar refractivity (Wildman–Crippen MR) is 48.2 cm³/mol. The summed E-state index contributed by atoms with van der Waals surface area (Å²) in [6, 6.07) is 4.22. The minimum Gasteiger partial charge on any atom is -0.480 e. The molecule has 1 atom stereocenters. The summed E-state index contributed by atoms with van der Waals surface area (Å²) in [5, 5.41) is 10.8. The lowest BCUT2D eigenvalue weighted by molar-refractivity contribution is -0.139. The Balaban J connectivity index is 2.64. The second-order valence-corrected chi connectivity index (χ2v) is 2.66. The van der Waals surface area contributed by atoms with E-state index >= 15 is 0 Å². The van der Waals surface area contributed by atoms with E-state index in [-0.39, 0.29) is 6.42 Å². The molecule has 0 saturated heterocycles. The summed E-state index contributed by atoms with van der Waals surface area (Å²) in [7, 11) is 0. The van der Waals surface area contributed by atoms with Gasteiger partial charge in [-0.2, -0.15) is 0 Å². The maximum atomic E-state index is 10.6. The normalized spacial score (nSPS) is 11.7. The zero-order chi connectivity index (χ0) is 10.4. The number of aliphatic carboxylic acids is 1. The second-order valence-electron chi connectivity index (χ2n) is 2.66. The molecule has 1 amide bonds. The highest BCUT2D eigenvalue weighted by Crippen LogP contribution is 1.98. The van der Waals surface area contributed by atoms with Crippen LogP contribution in [0.4, 0.5) is 0 Å². The molecule has 2 N–H and O–H groups in total. The van der Waals surface area contributed by atoms with Gasteiger partial charge in [0.2, 0.25) is 0 Å². The summed E-state index contributed by atoms with van der Waals surface area (Å²) >= 11 is 0. The molecule has 1 heterocycles. The van der Waals surface area contributed by atoms with E-state index in [0.717, 1.165) is 0 Å². The van der Waals surface area contributed by atoms with Crippen molar-refractivity contribution in [2.24, 2.45) is 0 Å². The number of nitrogens with one attached hydrogen (secondary N) is 1. The maximum Gasteiger partial charge on any atom is 0.326 e. The van der Waals surface area contributed by atoms with E-state index in [1.807, 2.05) is 0 Å². The summed E-state index contributed by atoms with van der Waals surface area (Å²) < 4.78 is 0. The molecule has 0 aliphatic rings. The van der Waals surface area contributed by atoms with Crippen LogP contribution < -0.4 is 5.32 Å². The monoisotopic (exact) mass is 193 g/mol. The molecule has 73 valence electrons. The van der Waals surface area contributed by atoms with Crippen molar-refractivity contribution >= 4 is 12.4 Å². The highest BCUT2D eigenvalue weighted by Gasteiger charge is 2.17. The quantitative estimate of drug-likeness (QED) is 0.631. The van der Waals surface area contributed by atoms with Gasteiger partial charge in [0, 0.05) is 18.3 Å². The molecule has 5 nitrogen and oxygen atoms in total. The highest BCUT2D eigenvalue weighted by molar-refractivity contribution is 5.76. The fourth-order valence-electron chi connectivity index (χ4n) is 0.999. The van der Waals surface area contributed by atoms with Gasteiger partial charge in [-0.3, -0.25) is 9.78 Å². The molecule has 0 aromatic carbocycles. The predicted octanol–water partition coefficient (Wildman–Crippen LogP) is -0.266. The first-order valence-corrected chi connectivity index (χ1v) is 3.99. The number of carbonyl (C=O) groups is 1. The topological polar surface area (TPSA) is 79.3 Å². The summed E-state index contributed by atoms with van der Waals surface area (Å²) in [6.45, 7) is 0. The fraction of sp³-hybridized carbons (Fsp3) is 0.222. The van der Waals surface area contributed by atoms with E-state index < -0.39 is 12.0 Å². The van der Waals surface area contributed by atoms with E-state index in [0.29, 0.717) is 5.69 Å². The number of pyridine rings is 1. The van der Waals surface area contributed by atoms with Gasteiger partial charge in [0.1, 0.15) is 6.04 Å². The van der Waals surface area contributed by atoms with Gasteiger partial charge >= 0.3 is 12.4 Å². The van der Waals surface area contributed by atoms with E-state index in [1.165, 1.54) is 6.41 Å². The van der Waals surface area contributed by atoms with Crippen LogP contribution in [0.15, 0.2) is 24.4 Å². The van der Waals surface area contributed by atoms with Gasteiger partial charge < -0.3 is 10.4 Å². The van der Waals surface area contributed by atoms with Gasteiger partial charge in [0.25, 0.3) is 0 Å². The van der Waals surface area contributed by atoms with Crippen molar-refractivity contribution in [2.75, 3.05) is 0 Å². The Kier molecular flexibility index (Phi) is 3.60. The van der Waals surface area contributed by atoms with E-state index in [1.54, 1.807) is 24.4 Å². The van der Waals surface area contributed by atoms with Crippen LogP contribution in [0.3, 0.4) is 0 Å². The molecule has 0 spiro atoms. The molecular formula is C9H9N2O3. The van der Waals surface area contributed by atoms with Gasteiger partial charge in [-0.15, -0.1) is 0 Å². The number of carboxylic acid groups (broad SMARTS) is 1. The Morgan fingerprint density at radius 2 is 2.43 bits per heavy atom. The van der Waals surface area contributed by atoms with Crippen LogP contribution in [0.25, 0.3) is 0 Å². The first-order chi connectivity index (χ1) is 6.74. The maximum absolute atomic E-state index is 10.6. The molecule has 0 fully saturated rings. The van der Waals surface area contributed by atoms with Crippen LogP contribution in [0, 0.1) is 0 Å². The number of hydrogen-bond acceptors (Lipinski definition) is 3. The number of carboxylic acids is 1. The van der Waals surface area contributed by atoms with Crippen molar-refractivity contribution < 1.29 is 14.7 Å². The van der Waals surface area contributed by atoms with Crippen LogP contribution in [-0.2, 0) is 16.0 Å². The summed E-state index contributed by atoms with van der Waals surface area (Å²) in [5.41, 5.74) is 0.614. The summed E-state index contributed by atoms with van der Waals surface area (Å²) in [4.78, 5) is 24.6. The van der Waals surface area contributed by atoms with E-state index in [4.69, 9.17) is 5.11 Å². The molecule has 1 aromatic heterocycles. The molecule has 1 unspecified atom stereocenters. The van der Waals surface area contributed by atoms with Gasteiger partial charge in [-0.1, -0.05) is 6.07 Å². The van der Waals surface area contributed by atoms with Crippen molar-refractivity contribution in [1.82, 2.24) is 10.3 Å². The Morgan fingerprint density at radius 3 is 2.93 bits per heavy atom. The molecule has 0 saturated carbocycles. The lowest BCUT2D eigenvalue weighted by atomic mass is 10.1. The highest BCUT2D eigenvalue weighted by atomic mass is 16.4. The third-order valence-electron chi connectivity index (χ3n) is 1.67. The lowest BCUT2D eigenvalue weighted by Gasteiger charge is -2.08. The first-order valence-electron chi connectivity index (χ1n) is 3.99. The van der Waals surface area contributed by atoms with E-state index in [9.17, 15) is 9.59 Å². The number of carbonyl (C=O) groups excluding carboxylic acids is 1. The van der Waals surface area contributed by atoms with Gasteiger partial charge in [-0.05, 0) is 12.1 Å². The van der Waals surface area contributed by atoms with Crippen LogP contribution in [0.5, 0.6) is 0 Å². The van der Waals surface area contributed by atoms with Crippen molar-refractivity contribution in [1.29, 1.82) is 0 Å². The van der Waals surface area contributed by atoms with E-state index in [2.05, 4.69) is 10.3 Å². The molecule has 14 heavy (non-hydrogen) atoms. The standard InChI is InChI=1S/C9H9N2O3/c12-6-11-8(9(13)14)5-7-3-1-2-4-10-7/h1-4,8H,5H2,(H,11,12)(H,13,14). The minimum atomic E-state index is -1.10. The molecule has 1 radical (unpaired) electrons. The fourth-order valence-corrected chi connectivity index (χ4v) is 0.999. The largest absolute Gasteiger partial charge is 0.480 e. The molecular weight excluding hydrogens is 184 g/mol. The number of aromatic nitrogens is 1. The Bertz CT molecular complexity index is 313. The summed E-state index contributed by atoms with van der Waals surface area (Å²) in [6.07, 6.45) is 3.09. The number of rotatable bonds is 5. The Hall–Kier alpha value is -1.91. The van der Waals surface area contributed by atoms with Crippen molar-refractivity contribution in [3.63, 3.8) is 0 Å². The average molecular weight is 193 g/mol. The Morgan fingerprint density at radius 1 is 1.64 bits per heavy atom. The number of nitrogens with zero attached hydrogens (tertiary/aromatic N) is 1. The second kappa shape index (κ2) is 4.96. The zero-order valence-corrected chi connectivity index (χ0v) is 7.30. The van der Waals surface area contributed by atoms with Crippen LogP contribution in [0.2, 0.25) is 0 Å². The van der Waals surface area contributed by atoms with Gasteiger partial charge in [0.15, 0.2) is 0 Å². The van der Waals surface area contributed by atoms with Crippen LogP contribution in [-0.4, -0.2) is 28.5 Å². The minimum absolute atomic E-state index is 0.158. The molecule has 0 aliphatic heterocycles. The first kappa shape index (κ1) is 10.2. The van der Waals surface area contributed by atoms with Crippen LogP contribution >= 0.6 is 0 Å². The summed E-state index contributed by atoms with van der Waals surface area (Å²) in [5.74, 6) is -1.10. The molecule has 0 bridgehead atoms. The van der Waals surface area contributed by atoms with Crippen LogP contribution in [0.1, 0.15) is 5.69 Å². The third kappa shape index (κ3) is 2.85. The van der Waals surface area contributed by atoms with Gasteiger partial charge in [-0.25, -0.2) is 4.79 Å². The van der Waals surface area contributed by atoms with Gasteiger partial charge in [0.05, 0.1) is 0 Å². The molecule has 0 aliphatic carbocycles.